The van der Waals surface area contributed by atoms with Gasteiger partial charge in [0, 0.05) is 11.6 Å². The minimum absolute atomic E-state index is 0.0213. The van der Waals surface area contributed by atoms with Gasteiger partial charge in [0.15, 0.2) is 11.9 Å². The van der Waals surface area contributed by atoms with Gasteiger partial charge in [-0.05, 0) is 44.9 Å². The predicted octanol–water partition coefficient (Wildman–Crippen LogP) is 3.00. The molecule has 2 rings (SSSR count). The highest BCUT2D eigenvalue weighted by molar-refractivity contribution is 5.96. The van der Waals surface area contributed by atoms with Gasteiger partial charge in [-0.3, -0.25) is 24.1 Å². The summed E-state index contributed by atoms with van der Waals surface area (Å²) in [5.41, 5.74) is 1.07. The largest absolute Gasteiger partial charge is 0.496 e. The maximum atomic E-state index is 13.1. The molecule has 0 aromatic heterocycles. The van der Waals surface area contributed by atoms with Crippen molar-refractivity contribution in [3.63, 3.8) is 0 Å². The lowest BCUT2D eigenvalue weighted by Gasteiger charge is -2.32. The fraction of sp³-hybridized carbons (Fsp3) is 0.655. The van der Waals surface area contributed by atoms with E-state index in [0.717, 1.165) is 31.2 Å². The summed E-state index contributed by atoms with van der Waals surface area (Å²) in [5.74, 6) is -3.19. The lowest BCUT2D eigenvalue weighted by atomic mass is 9.94. The van der Waals surface area contributed by atoms with E-state index in [1.54, 1.807) is 32.0 Å². The molecule has 0 radical (unpaired) electrons. The third-order valence-corrected chi connectivity index (χ3v) is 6.86. The first kappa shape index (κ1) is 34.0. The Balaban J connectivity index is 0.00000371. The molecule has 3 unspecified atom stereocenters. The van der Waals surface area contributed by atoms with E-state index in [1.165, 1.54) is 13.5 Å². The number of carbonyl (C=O) groups is 4. The van der Waals surface area contributed by atoms with Crippen molar-refractivity contribution in [2.24, 2.45) is 5.92 Å². The topological polar surface area (TPSA) is 145 Å². The lowest BCUT2D eigenvalue weighted by Crippen LogP contribution is -2.56. The summed E-state index contributed by atoms with van der Waals surface area (Å²) < 4.78 is 5.25. The Morgan fingerprint density at radius 1 is 1.05 bits per heavy atom. The molecular formula is C29H47N3O7. The van der Waals surface area contributed by atoms with Crippen LogP contribution in [0, 0.1) is 12.8 Å². The molecule has 39 heavy (non-hydrogen) atoms. The van der Waals surface area contributed by atoms with E-state index in [0.29, 0.717) is 5.75 Å². The number of amides is 2. The zero-order chi connectivity index (χ0) is 29.7. The van der Waals surface area contributed by atoms with Gasteiger partial charge in [0.25, 0.3) is 5.91 Å². The number of Topliss-reactive ketones (excluding diaryl/α,β-unsaturated/α-hetero) is 1. The molecule has 1 aliphatic carbocycles. The number of hydrogen-bond donors (Lipinski definition) is 4. The van der Waals surface area contributed by atoms with E-state index in [-0.39, 0.29) is 18.2 Å². The van der Waals surface area contributed by atoms with Crippen molar-refractivity contribution in [3.8, 4) is 5.75 Å². The van der Waals surface area contributed by atoms with Crippen molar-refractivity contribution >= 4 is 23.6 Å². The minimum Gasteiger partial charge on any atom is -0.496 e. The minimum atomic E-state index is -1.59. The second-order valence-electron chi connectivity index (χ2n) is 10.2. The number of hydrogen-bond acceptors (Lipinski definition) is 7. The SMILES string of the molecule is CC.COc1ccc(C)cc1C(O)C(=O)NC(C(=O)NC(CC(=O)O)C(=O)CN(C)C1CCCCC1)C(C)C. The fourth-order valence-electron chi connectivity index (χ4n) is 4.66. The van der Waals surface area contributed by atoms with Crippen molar-refractivity contribution in [2.75, 3.05) is 20.7 Å². The van der Waals surface area contributed by atoms with Gasteiger partial charge in [-0.2, -0.15) is 0 Å². The zero-order valence-electron chi connectivity index (χ0n) is 24.5. The number of methoxy groups -OCH3 is 1. The van der Waals surface area contributed by atoms with Crippen molar-refractivity contribution in [1.29, 1.82) is 0 Å². The average molecular weight is 550 g/mol. The molecule has 0 spiro atoms. The molecule has 0 bridgehead atoms. The van der Waals surface area contributed by atoms with Crippen LogP contribution >= 0.6 is 0 Å². The van der Waals surface area contributed by atoms with Crippen LogP contribution in [0.2, 0.25) is 0 Å². The standard InChI is InChI=1S/C27H41N3O7.C2H6/c1-16(2)24(29-27(36)25(34)19-13-17(3)11-12-22(19)37-5)26(35)28-20(14-23(32)33)21(31)15-30(4)18-9-7-6-8-10-18;1-2/h11-13,16,18,20,24-25,34H,6-10,14-15H2,1-5H3,(H,28,35)(H,29,36)(H,32,33);1-2H3. The van der Waals surface area contributed by atoms with Crippen LogP contribution in [0.15, 0.2) is 18.2 Å². The molecule has 2 amide bonds. The van der Waals surface area contributed by atoms with Crippen LogP contribution in [0.3, 0.4) is 0 Å². The molecule has 10 heteroatoms. The number of carboxylic acids is 1. The van der Waals surface area contributed by atoms with E-state index in [4.69, 9.17) is 4.74 Å². The van der Waals surface area contributed by atoms with Gasteiger partial charge in [-0.1, -0.05) is 58.6 Å². The maximum absolute atomic E-state index is 13.1. The van der Waals surface area contributed by atoms with Crippen molar-refractivity contribution < 1.29 is 34.1 Å². The lowest BCUT2D eigenvalue weighted by molar-refractivity contribution is -0.141. The highest BCUT2D eigenvalue weighted by Crippen LogP contribution is 2.27. The van der Waals surface area contributed by atoms with Crippen molar-refractivity contribution in [1.82, 2.24) is 15.5 Å². The predicted molar refractivity (Wildman–Crippen MR) is 150 cm³/mol. The quantitative estimate of drug-likeness (QED) is 0.294. The number of aryl methyl sites for hydroxylation is 1. The molecular weight excluding hydrogens is 502 g/mol. The molecule has 4 N–H and O–H groups in total. The summed E-state index contributed by atoms with van der Waals surface area (Å²) in [7, 11) is 3.26. The van der Waals surface area contributed by atoms with E-state index in [2.05, 4.69) is 10.6 Å². The summed E-state index contributed by atoms with van der Waals surface area (Å²) in [6.45, 7) is 9.24. The van der Waals surface area contributed by atoms with Gasteiger partial charge in [0.2, 0.25) is 5.91 Å². The molecule has 1 aliphatic rings. The van der Waals surface area contributed by atoms with Crippen LogP contribution in [-0.2, 0) is 19.2 Å². The molecule has 0 aliphatic heterocycles. The van der Waals surface area contributed by atoms with E-state index in [9.17, 15) is 29.4 Å². The van der Waals surface area contributed by atoms with Crippen molar-refractivity contribution in [3.05, 3.63) is 29.3 Å². The molecule has 220 valence electrons. The maximum Gasteiger partial charge on any atom is 0.305 e. The van der Waals surface area contributed by atoms with Crippen LogP contribution < -0.4 is 15.4 Å². The number of aliphatic hydroxyl groups excluding tert-OH is 1. The van der Waals surface area contributed by atoms with Gasteiger partial charge >= 0.3 is 5.97 Å². The number of likely N-dealkylation sites (N-methyl/N-ethyl adjacent to an activating group) is 1. The summed E-state index contributed by atoms with van der Waals surface area (Å²) >= 11 is 0. The molecule has 1 fully saturated rings. The number of benzene rings is 1. The number of rotatable bonds is 13. The van der Waals surface area contributed by atoms with Crippen LogP contribution in [0.1, 0.15) is 83.5 Å². The molecule has 1 aromatic carbocycles. The molecule has 3 atom stereocenters. The van der Waals surface area contributed by atoms with Crippen molar-refractivity contribution in [2.45, 2.75) is 97.4 Å². The Morgan fingerprint density at radius 2 is 1.67 bits per heavy atom. The van der Waals surface area contributed by atoms with E-state index in [1.807, 2.05) is 32.7 Å². The first-order valence-corrected chi connectivity index (χ1v) is 13.8. The highest BCUT2D eigenvalue weighted by Gasteiger charge is 2.33. The van der Waals surface area contributed by atoms with Gasteiger partial charge in [-0.15, -0.1) is 0 Å². The molecule has 1 aromatic rings. The first-order valence-electron chi connectivity index (χ1n) is 13.8. The van der Waals surface area contributed by atoms with E-state index < -0.39 is 54.1 Å². The van der Waals surface area contributed by atoms with Gasteiger partial charge in [-0.25, -0.2) is 0 Å². The number of aliphatic carboxylic acids is 1. The first-order chi connectivity index (χ1) is 18.4. The third-order valence-electron chi connectivity index (χ3n) is 6.86. The number of ketones is 1. The smallest absolute Gasteiger partial charge is 0.305 e. The second-order valence-corrected chi connectivity index (χ2v) is 10.2. The van der Waals surface area contributed by atoms with Crippen LogP contribution in [0.5, 0.6) is 5.75 Å². The Morgan fingerprint density at radius 3 is 2.21 bits per heavy atom. The second kappa shape index (κ2) is 16.9. The summed E-state index contributed by atoms with van der Waals surface area (Å²) in [6.07, 6.45) is 3.16. The summed E-state index contributed by atoms with van der Waals surface area (Å²) in [5, 5.41) is 25.1. The number of aliphatic hydroxyl groups is 1. The summed E-state index contributed by atoms with van der Waals surface area (Å²) in [6, 6.07) is 2.96. The van der Waals surface area contributed by atoms with Crippen LogP contribution in [0.4, 0.5) is 0 Å². The molecule has 1 saturated carbocycles. The molecule has 0 saturated heterocycles. The highest BCUT2D eigenvalue weighted by atomic mass is 16.5. The number of carboxylic acid groups (broad SMARTS) is 1. The van der Waals surface area contributed by atoms with E-state index >= 15 is 0 Å². The van der Waals surface area contributed by atoms with Gasteiger partial charge < -0.3 is 25.6 Å². The number of nitrogens with one attached hydrogen (secondary N) is 2. The Labute approximate surface area is 232 Å². The summed E-state index contributed by atoms with van der Waals surface area (Å²) in [4.78, 5) is 52.5. The number of nitrogens with zero attached hydrogens (tertiary/aromatic N) is 1. The Bertz CT molecular complexity index is 960. The molecule has 0 heterocycles. The number of carbonyl (C=O) groups excluding carboxylic acids is 3. The Hall–Kier alpha value is -2.98. The van der Waals surface area contributed by atoms with Crippen LogP contribution in [-0.4, -0.2) is 77.5 Å². The third kappa shape index (κ3) is 10.6. The average Bonchev–Trinajstić information content (AvgIpc) is 2.91. The van der Waals surface area contributed by atoms with Crippen LogP contribution in [0.25, 0.3) is 0 Å². The zero-order valence-corrected chi connectivity index (χ0v) is 24.5. The van der Waals surface area contributed by atoms with Gasteiger partial charge in [0.05, 0.1) is 26.1 Å². The monoisotopic (exact) mass is 549 g/mol. The van der Waals surface area contributed by atoms with Gasteiger partial charge in [0.1, 0.15) is 11.8 Å². The number of ether oxygens (including phenoxy) is 1. The normalized spacial score (nSPS) is 15.9. The fourth-order valence-corrected chi connectivity index (χ4v) is 4.66. The Kier molecular flexibility index (Phi) is 14.7. The molecule has 10 nitrogen and oxygen atoms in total.